The first-order valence-corrected chi connectivity index (χ1v) is 10.1. The number of hydrogen-bond acceptors (Lipinski definition) is 3. The van der Waals surface area contributed by atoms with Gasteiger partial charge in [-0.3, -0.25) is 4.79 Å². The number of nitrogens with one attached hydrogen (secondary N) is 1. The monoisotopic (exact) mass is 350 g/mol. The van der Waals surface area contributed by atoms with Crippen LogP contribution < -0.4 is 9.62 Å². The Hall–Kier alpha value is -1.40. The molecule has 0 saturated heterocycles. The summed E-state index contributed by atoms with van der Waals surface area (Å²) in [4.78, 5) is 13.9. The minimum Gasteiger partial charge on any atom is -0.311 e. The molecule has 1 saturated carbocycles. The third kappa shape index (κ3) is 3.22. The first kappa shape index (κ1) is 17.4. The second kappa shape index (κ2) is 6.15. The van der Waals surface area contributed by atoms with Gasteiger partial charge in [-0.1, -0.05) is 33.1 Å². The van der Waals surface area contributed by atoms with Crippen LogP contribution in [0.25, 0.3) is 0 Å². The van der Waals surface area contributed by atoms with Crippen molar-refractivity contribution in [3.05, 3.63) is 23.8 Å². The highest BCUT2D eigenvalue weighted by atomic mass is 32.2. The number of sulfonamides is 1. The number of carbonyl (C=O) groups is 1. The lowest BCUT2D eigenvalue weighted by molar-refractivity contribution is -0.116. The molecule has 2 aliphatic rings. The summed E-state index contributed by atoms with van der Waals surface area (Å²) in [6.07, 6.45) is 5.17. The molecule has 0 aromatic heterocycles. The molecule has 5 nitrogen and oxygen atoms in total. The molecule has 1 aromatic rings. The fourth-order valence-corrected chi connectivity index (χ4v) is 5.15. The number of rotatable bonds is 3. The summed E-state index contributed by atoms with van der Waals surface area (Å²) in [6.45, 7) is 6.21. The van der Waals surface area contributed by atoms with E-state index in [1.54, 1.807) is 30.0 Å². The number of fused-ring (bicyclic) bond motifs is 1. The molecule has 3 rings (SSSR count). The van der Waals surface area contributed by atoms with Crippen LogP contribution in [0.2, 0.25) is 0 Å². The third-order valence-corrected chi connectivity index (χ3v) is 6.68. The first-order valence-electron chi connectivity index (χ1n) is 8.66. The van der Waals surface area contributed by atoms with Gasteiger partial charge in [0, 0.05) is 30.6 Å². The van der Waals surface area contributed by atoms with Gasteiger partial charge in [-0.2, -0.15) is 0 Å². The average Bonchev–Trinajstić information content (AvgIpc) is 2.79. The van der Waals surface area contributed by atoms with E-state index in [0.29, 0.717) is 11.4 Å². The summed E-state index contributed by atoms with van der Waals surface area (Å²) >= 11 is 0. The van der Waals surface area contributed by atoms with Crippen LogP contribution in [0.5, 0.6) is 0 Å². The van der Waals surface area contributed by atoms with Crippen molar-refractivity contribution in [2.75, 3.05) is 11.4 Å². The summed E-state index contributed by atoms with van der Waals surface area (Å²) in [5.74, 6) is -0.0160. The van der Waals surface area contributed by atoms with Crippen molar-refractivity contribution in [2.45, 2.75) is 69.2 Å². The molecule has 24 heavy (non-hydrogen) atoms. The number of amides is 1. The Morgan fingerprint density at radius 1 is 1.21 bits per heavy atom. The minimum absolute atomic E-state index is 0.0160. The van der Waals surface area contributed by atoms with Gasteiger partial charge < -0.3 is 4.90 Å². The molecular formula is C18H26N2O3S. The van der Waals surface area contributed by atoms with E-state index >= 15 is 0 Å². The van der Waals surface area contributed by atoms with Crippen LogP contribution in [0.15, 0.2) is 23.1 Å². The molecule has 1 heterocycles. The summed E-state index contributed by atoms with van der Waals surface area (Å²) in [6, 6.07) is 5.16. The zero-order valence-electron chi connectivity index (χ0n) is 14.6. The Morgan fingerprint density at radius 2 is 1.88 bits per heavy atom. The van der Waals surface area contributed by atoms with Crippen molar-refractivity contribution in [3.8, 4) is 0 Å². The van der Waals surface area contributed by atoms with Crippen LogP contribution in [0, 0.1) is 0 Å². The van der Waals surface area contributed by atoms with E-state index in [4.69, 9.17) is 0 Å². The summed E-state index contributed by atoms with van der Waals surface area (Å²) in [5, 5.41) is 0. The van der Waals surface area contributed by atoms with Gasteiger partial charge in [0.05, 0.1) is 4.90 Å². The number of hydrogen-bond donors (Lipinski definition) is 1. The van der Waals surface area contributed by atoms with Gasteiger partial charge in [0.2, 0.25) is 15.9 Å². The Bertz CT molecular complexity index is 750. The second-order valence-corrected chi connectivity index (χ2v) is 9.34. The van der Waals surface area contributed by atoms with Crippen LogP contribution in [-0.2, 0) is 20.2 Å². The van der Waals surface area contributed by atoms with E-state index in [1.807, 2.05) is 13.8 Å². The van der Waals surface area contributed by atoms with E-state index in [2.05, 4.69) is 4.72 Å². The SMILES string of the molecule is CC(=O)N1CC(C)(C)c2cc(S(=O)(=O)NC3CCCCC3)ccc21. The Morgan fingerprint density at radius 3 is 2.50 bits per heavy atom. The zero-order chi connectivity index (χ0) is 17.5. The molecule has 1 aliphatic heterocycles. The third-order valence-electron chi connectivity index (χ3n) is 5.16. The van der Waals surface area contributed by atoms with Crippen LogP contribution in [0.1, 0.15) is 58.4 Å². The van der Waals surface area contributed by atoms with Crippen molar-refractivity contribution in [1.82, 2.24) is 4.72 Å². The Balaban J connectivity index is 1.92. The van der Waals surface area contributed by atoms with E-state index in [-0.39, 0.29) is 17.4 Å². The second-order valence-electron chi connectivity index (χ2n) is 7.62. The number of carbonyl (C=O) groups excluding carboxylic acids is 1. The topological polar surface area (TPSA) is 66.5 Å². The molecule has 1 aromatic carbocycles. The number of benzene rings is 1. The fraction of sp³-hybridized carbons (Fsp3) is 0.611. The van der Waals surface area contributed by atoms with E-state index < -0.39 is 10.0 Å². The van der Waals surface area contributed by atoms with Crippen molar-refractivity contribution >= 4 is 21.6 Å². The van der Waals surface area contributed by atoms with Crippen molar-refractivity contribution in [1.29, 1.82) is 0 Å². The molecule has 1 amide bonds. The van der Waals surface area contributed by atoms with Gasteiger partial charge in [-0.05, 0) is 36.6 Å². The normalized spacial score (nSPS) is 20.9. The smallest absolute Gasteiger partial charge is 0.240 e. The number of nitrogens with zero attached hydrogens (tertiary/aromatic N) is 1. The number of anilines is 1. The van der Waals surface area contributed by atoms with Crippen LogP contribution in [0.4, 0.5) is 5.69 Å². The molecule has 0 unspecified atom stereocenters. The quantitative estimate of drug-likeness (QED) is 0.911. The van der Waals surface area contributed by atoms with Crippen molar-refractivity contribution in [2.24, 2.45) is 0 Å². The molecule has 0 bridgehead atoms. The molecule has 0 atom stereocenters. The van der Waals surface area contributed by atoms with E-state index in [0.717, 1.165) is 36.9 Å². The first-order chi connectivity index (χ1) is 11.2. The standard InChI is InChI=1S/C18H26N2O3S/c1-13(21)20-12-18(2,3)16-11-15(9-10-17(16)20)24(22,23)19-14-7-5-4-6-8-14/h9-11,14,19H,4-8,12H2,1-3H3. The average molecular weight is 350 g/mol. The largest absolute Gasteiger partial charge is 0.311 e. The summed E-state index contributed by atoms with van der Waals surface area (Å²) < 4.78 is 28.3. The van der Waals surface area contributed by atoms with Crippen LogP contribution in [0.3, 0.4) is 0 Å². The predicted octanol–water partition coefficient (Wildman–Crippen LogP) is 2.94. The Labute approximate surface area is 144 Å². The zero-order valence-corrected chi connectivity index (χ0v) is 15.4. The summed E-state index contributed by atoms with van der Waals surface area (Å²) in [7, 11) is -3.52. The van der Waals surface area contributed by atoms with Gasteiger partial charge in [0.25, 0.3) is 0 Å². The van der Waals surface area contributed by atoms with Crippen molar-refractivity contribution < 1.29 is 13.2 Å². The molecule has 0 radical (unpaired) electrons. The van der Waals surface area contributed by atoms with Crippen molar-refractivity contribution in [3.63, 3.8) is 0 Å². The molecule has 132 valence electrons. The lowest BCUT2D eigenvalue weighted by Crippen LogP contribution is -2.36. The molecule has 1 N–H and O–H groups in total. The molecule has 6 heteroatoms. The molecule has 1 fully saturated rings. The predicted molar refractivity (Wildman–Crippen MR) is 94.7 cm³/mol. The molecule has 0 spiro atoms. The van der Waals surface area contributed by atoms with Crippen LogP contribution >= 0.6 is 0 Å². The maximum atomic E-state index is 12.7. The highest BCUT2D eigenvalue weighted by Gasteiger charge is 2.38. The lowest BCUT2D eigenvalue weighted by Gasteiger charge is -2.23. The van der Waals surface area contributed by atoms with Gasteiger partial charge in [-0.15, -0.1) is 0 Å². The maximum Gasteiger partial charge on any atom is 0.240 e. The van der Waals surface area contributed by atoms with E-state index in [1.165, 1.54) is 6.42 Å². The summed E-state index contributed by atoms with van der Waals surface area (Å²) in [5.41, 5.74) is 1.49. The maximum absolute atomic E-state index is 12.7. The molecular weight excluding hydrogens is 324 g/mol. The van der Waals surface area contributed by atoms with Gasteiger partial charge in [-0.25, -0.2) is 13.1 Å². The van der Waals surface area contributed by atoms with Gasteiger partial charge in [0.1, 0.15) is 0 Å². The highest BCUT2D eigenvalue weighted by Crippen LogP contribution is 2.41. The van der Waals surface area contributed by atoms with Gasteiger partial charge >= 0.3 is 0 Å². The fourth-order valence-electron chi connectivity index (χ4n) is 3.81. The van der Waals surface area contributed by atoms with Crippen LogP contribution in [-0.4, -0.2) is 26.9 Å². The highest BCUT2D eigenvalue weighted by molar-refractivity contribution is 7.89. The molecule has 1 aliphatic carbocycles. The van der Waals surface area contributed by atoms with E-state index in [9.17, 15) is 13.2 Å². The van der Waals surface area contributed by atoms with Gasteiger partial charge in [0.15, 0.2) is 0 Å². The lowest BCUT2D eigenvalue weighted by atomic mass is 9.87. The minimum atomic E-state index is -3.52. The Kier molecular flexibility index (Phi) is 4.47.